The Morgan fingerprint density at radius 3 is 2.85 bits per heavy atom. The predicted molar refractivity (Wildman–Crippen MR) is 59.5 cm³/mol. The average Bonchev–Trinajstić information content (AvgIpc) is 2.49. The van der Waals surface area contributed by atoms with Gasteiger partial charge in [0.2, 0.25) is 0 Å². The van der Waals surface area contributed by atoms with Crippen LogP contribution in [-0.2, 0) is 0 Å². The maximum atomic E-state index is 11.1. The molecule has 0 N–H and O–H groups in total. The van der Waals surface area contributed by atoms with Crippen LogP contribution in [0.15, 0.2) is 28.7 Å². The second-order valence-electron chi connectivity index (χ2n) is 2.82. The molecule has 2 aromatic rings. The summed E-state index contributed by atoms with van der Waals surface area (Å²) in [6, 6.07) is 7.93. The third-order valence-corrected chi connectivity index (χ3v) is 3.75. The van der Waals surface area contributed by atoms with Crippen LogP contribution in [0.2, 0.25) is 0 Å². The number of thiophene rings is 1. The third kappa shape index (κ3) is 1.54. The molecule has 1 nitrogen and oxygen atoms in total. The van der Waals surface area contributed by atoms with Gasteiger partial charge in [-0.2, -0.15) is 0 Å². The second-order valence-corrected chi connectivity index (χ2v) is 4.76. The van der Waals surface area contributed by atoms with E-state index in [0.29, 0.717) is 0 Å². The molecule has 0 spiro atoms. The van der Waals surface area contributed by atoms with Crippen molar-refractivity contribution in [2.75, 3.05) is 0 Å². The van der Waals surface area contributed by atoms with Crippen LogP contribution in [-0.4, -0.2) is 5.78 Å². The van der Waals surface area contributed by atoms with Crippen LogP contribution in [0.5, 0.6) is 0 Å². The van der Waals surface area contributed by atoms with Crippen molar-refractivity contribution in [3.05, 3.63) is 33.6 Å². The molecular weight excluding hydrogens is 248 g/mol. The van der Waals surface area contributed by atoms with Crippen molar-refractivity contribution in [1.82, 2.24) is 0 Å². The van der Waals surface area contributed by atoms with Gasteiger partial charge in [0.05, 0.1) is 4.88 Å². The zero-order valence-electron chi connectivity index (χ0n) is 7.00. The zero-order valence-corrected chi connectivity index (χ0v) is 9.41. The first-order chi connectivity index (χ1) is 6.18. The van der Waals surface area contributed by atoms with E-state index in [1.54, 1.807) is 6.92 Å². The van der Waals surface area contributed by atoms with Gasteiger partial charge in [-0.05, 0) is 25.1 Å². The Kier molecular flexibility index (Phi) is 2.22. The van der Waals surface area contributed by atoms with Gasteiger partial charge in [-0.1, -0.05) is 22.0 Å². The molecule has 0 aliphatic carbocycles. The molecule has 1 aromatic carbocycles. The molecule has 0 radical (unpaired) electrons. The molecule has 2 rings (SSSR count). The Hall–Kier alpha value is -0.670. The second kappa shape index (κ2) is 3.24. The average molecular weight is 255 g/mol. The fourth-order valence-electron chi connectivity index (χ4n) is 1.20. The van der Waals surface area contributed by atoms with Crippen LogP contribution in [0.1, 0.15) is 16.6 Å². The summed E-state index contributed by atoms with van der Waals surface area (Å²) in [6.07, 6.45) is 0. The molecule has 0 aliphatic heterocycles. The summed E-state index contributed by atoms with van der Waals surface area (Å²) in [5.74, 6) is 0.133. The number of rotatable bonds is 1. The third-order valence-electron chi connectivity index (χ3n) is 1.86. The van der Waals surface area contributed by atoms with Crippen molar-refractivity contribution in [2.45, 2.75) is 6.92 Å². The molecular formula is C10H7BrOS. The van der Waals surface area contributed by atoms with Gasteiger partial charge in [-0.25, -0.2) is 0 Å². The molecule has 0 fully saturated rings. The molecule has 0 saturated heterocycles. The van der Waals surface area contributed by atoms with Gasteiger partial charge in [0.1, 0.15) is 0 Å². The van der Waals surface area contributed by atoms with E-state index in [4.69, 9.17) is 0 Å². The van der Waals surface area contributed by atoms with Crippen LogP contribution < -0.4 is 0 Å². The van der Waals surface area contributed by atoms with Gasteiger partial charge in [-0.15, -0.1) is 11.3 Å². The maximum absolute atomic E-state index is 11.1. The predicted octanol–water partition coefficient (Wildman–Crippen LogP) is 3.87. The number of fused-ring (bicyclic) bond motifs is 1. The smallest absolute Gasteiger partial charge is 0.169 e. The Balaban J connectivity index is 2.75. The Morgan fingerprint density at radius 1 is 1.46 bits per heavy atom. The topological polar surface area (TPSA) is 17.1 Å². The Bertz CT molecular complexity index is 473. The summed E-state index contributed by atoms with van der Waals surface area (Å²) in [4.78, 5) is 11.9. The molecule has 1 heterocycles. The lowest BCUT2D eigenvalue weighted by atomic mass is 10.2. The fraction of sp³-hybridized carbons (Fsp3) is 0.100. The summed E-state index contributed by atoms with van der Waals surface area (Å²) < 4.78 is 2.20. The van der Waals surface area contributed by atoms with Crippen molar-refractivity contribution in [1.29, 1.82) is 0 Å². The molecule has 0 saturated carbocycles. The summed E-state index contributed by atoms with van der Waals surface area (Å²) in [6.45, 7) is 1.60. The van der Waals surface area contributed by atoms with Crippen molar-refractivity contribution >= 4 is 43.1 Å². The number of carbonyl (C=O) groups excluding carboxylic acids is 1. The summed E-state index contributed by atoms with van der Waals surface area (Å²) in [5.41, 5.74) is 0. The highest BCUT2D eigenvalue weighted by molar-refractivity contribution is 9.10. The fourth-order valence-corrected chi connectivity index (χ4v) is 2.79. The monoisotopic (exact) mass is 254 g/mol. The minimum atomic E-state index is 0.133. The SMILES string of the molecule is CC(=O)c1cc2c(Br)cccc2s1. The van der Waals surface area contributed by atoms with Crippen molar-refractivity contribution < 1.29 is 4.79 Å². The normalized spacial score (nSPS) is 10.6. The van der Waals surface area contributed by atoms with E-state index in [2.05, 4.69) is 15.9 Å². The minimum Gasteiger partial charge on any atom is -0.294 e. The van der Waals surface area contributed by atoms with E-state index in [0.717, 1.165) is 19.4 Å². The first kappa shape index (κ1) is 8.91. The van der Waals surface area contributed by atoms with Gasteiger partial charge in [0, 0.05) is 14.6 Å². The van der Waals surface area contributed by atoms with E-state index in [9.17, 15) is 4.79 Å². The molecule has 66 valence electrons. The Labute approximate surface area is 88.5 Å². The number of ketones is 1. The first-order valence-electron chi connectivity index (χ1n) is 3.87. The maximum Gasteiger partial charge on any atom is 0.169 e. The van der Waals surface area contributed by atoms with Gasteiger partial charge >= 0.3 is 0 Å². The van der Waals surface area contributed by atoms with E-state index < -0.39 is 0 Å². The van der Waals surface area contributed by atoms with Crippen LogP contribution in [0.3, 0.4) is 0 Å². The molecule has 0 atom stereocenters. The van der Waals surface area contributed by atoms with Crippen molar-refractivity contribution in [2.24, 2.45) is 0 Å². The number of Topliss-reactive ketones (excluding diaryl/α,β-unsaturated/α-hetero) is 1. The highest BCUT2D eigenvalue weighted by Crippen LogP contribution is 2.31. The molecule has 0 aliphatic rings. The Morgan fingerprint density at radius 2 is 2.23 bits per heavy atom. The van der Waals surface area contributed by atoms with Gasteiger partial charge < -0.3 is 0 Å². The summed E-state index contributed by atoms with van der Waals surface area (Å²) in [5, 5.41) is 1.12. The van der Waals surface area contributed by atoms with Crippen LogP contribution in [0, 0.1) is 0 Å². The number of benzene rings is 1. The van der Waals surface area contributed by atoms with E-state index in [1.807, 2.05) is 24.3 Å². The van der Waals surface area contributed by atoms with E-state index >= 15 is 0 Å². The van der Waals surface area contributed by atoms with Gasteiger partial charge in [-0.3, -0.25) is 4.79 Å². The van der Waals surface area contributed by atoms with Gasteiger partial charge in [0.25, 0.3) is 0 Å². The van der Waals surface area contributed by atoms with Crippen LogP contribution >= 0.6 is 27.3 Å². The zero-order chi connectivity index (χ0) is 9.42. The van der Waals surface area contributed by atoms with E-state index in [1.165, 1.54) is 11.3 Å². The summed E-state index contributed by atoms with van der Waals surface area (Å²) >= 11 is 4.99. The lowest BCUT2D eigenvalue weighted by molar-refractivity contribution is 0.102. The van der Waals surface area contributed by atoms with E-state index in [-0.39, 0.29) is 5.78 Å². The highest BCUT2D eigenvalue weighted by Gasteiger charge is 2.06. The van der Waals surface area contributed by atoms with Crippen molar-refractivity contribution in [3.63, 3.8) is 0 Å². The van der Waals surface area contributed by atoms with Crippen molar-refractivity contribution in [3.8, 4) is 0 Å². The lowest BCUT2D eigenvalue weighted by Crippen LogP contribution is -1.83. The number of hydrogen-bond acceptors (Lipinski definition) is 2. The summed E-state index contributed by atoms with van der Waals surface area (Å²) in [7, 11) is 0. The van der Waals surface area contributed by atoms with Crippen LogP contribution in [0.25, 0.3) is 10.1 Å². The lowest BCUT2D eigenvalue weighted by Gasteiger charge is -1.89. The largest absolute Gasteiger partial charge is 0.294 e. The number of halogens is 1. The standard InChI is InChI=1S/C10H7BrOS/c1-6(12)10-5-7-8(11)3-2-4-9(7)13-10/h2-5H,1H3. The van der Waals surface area contributed by atoms with Crippen LogP contribution in [0.4, 0.5) is 0 Å². The number of hydrogen-bond donors (Lipinski definition) is 0. The minimum absolute atomic E-state index is 0.133. The van der Waals surface area contributed by atoms with Gasteiger partial charge in [0.15, 0.2) is 5.78 Å². The quantitative estimate of drug-likeness (QED) is 0.707. The molecule has 1 aromatic heterocycles. The highest BCUT2D eigenvalue weighted by atomic mass is 79.9. The molecule has 3 heteroatoms. The molecule has 13 heavy (non-hydrogen) atoms. The molecule has 0 amide bonds. The molecule has 0 unspecified atom stereocenters. The molecule has 0 bridgehead atoms. The number of carbonyl (C=O) groups is 1. The first-order valence-corrected chi connectivity index (χ1v) is 5.48.